The van der Waals surface area contributed by atoms with Crippen molar-refractivity contribution in [3.8, 4) is 0 Å². The van der Waals surface area contributed by atoms with Crippen LogP contribution in [0.3, 0.4) is 0 Å². The average molecular weight is 343 g/mol. The Morgan fingerprint density at radius 3 is 2.32 bits per heavy atom. The first kappa shape index (κ1) is 18.3. The first-order valence-corrected chi connectivity index (χ1v) is 9.78. The Morgan fingerprint density at radius 1 is 1.12 bits per heavy atom. The summed E-state index contributed by atoms with van der Waals surface area (Å²) in [5.41, 5.74) is 3.11. The Balaban J connectivity index is 2.02. The molecule has 1 aliphatic carbocycles. The summed E-state index contributed by atoms with van der Waals surface area (Å²) in [5.74, 6) is 0. The number of piperidine rings is 1. The molecule has 1 saturated heterocycles. The molecule has 0 aromatic heterocycles. The molecule has 2 aliphatic rings. The Labute approximate surface area is 153 Å². The van der Waals surface area contributed by atoms with Crippen LogP contribution in [0.2, 0.25) is 0 Å². The Bertz CT molecular complexity index is 656. The zero-order chi connectivity index (χ0) is 18.6. The van der Waals surface area contributed by atoms with Gasteiger partial charge in [0.2, 0.25) is 0 Å². The minimum absolute atomic E-state index is 0.0644. The first-order valence-electron chi connectivity index (χ1n) is 9.78. The third-order valence-electron chi connectivity index (χ3n) is 7.09. The fourth-order valence-corrected chi connectivity index (χ4v) is 5.29. The number of urea groups is 1. The quantitative estimate of drug-likeness (QED) is 0.754. The normalized spacial score (nSPS) is 27.4. The highest BCUT2D eigenvalue weighted by Gasteiger charge is 2.57. The molecule has 0 N–H and O–H groups in total. The van der Waals surface area contributed by atoms with Crippen LogP contribution in [0.4, 0.5) is 4.79 Å². The summed E-state index contributed by atoms with van der Waals surface area (Å²) in [7, 11) is 0. The monoisotopic (exact) mass is 342 g/mol. The molecule has 2 atom stereocenters. The maximum Gasteiger partial charge on any atom is 0.320 e. The van der Waals surface area contributed by atoms with Gasteiger partial charge in [0.25, 0.3) is 0 Å². The molecule has 1 heterocycles. The minimum Gasteiger partial charge on any atom is -0.321 e. The van der Waals surface area contributed by atoms with Crippen LogP contribution in [-0.4, -0.2) is 40.5 Å². The predicted molar refractivity (Wildman–Crippen MR) is 104 cm³/mol. The minimum atomic E-state index is 0.0644. The topological polar surface area (TPSA) is 23.6 Å². The molecule has 2 bridgehead atoms. The Kier molecular flexibility index (Phi) is 4.41. The maximum absolute atomic E-state index is 13.4. The molecule has 0 unspecified atom stereocenters. The third kappa shape index (κ3) is 2.58. The van der Waals surface area contributed by atoms with Crippen molar-refractivity contribution in [3.63, 3.8) is 0 Å². The molecule has 138 valence electrons. The second kappa shape index (κ2) is 6.03. The van der Waals surface area contributed by atoms with Crippen molar-refractivity contribution in [2.24, 2.45) is 5.41 Å². The van der Waals surface area contributed by atoms with E-state index >= 15 is 0 Å². The highest BCUT2D eigenvalue weighted by atomic mass is 16.2. The van der Waals surface area contributed by atoms with Crippen LogP contribution in [-0.2, 0) is 11.8 Å². The summed E-state index contributed by atoms with van der Waals surface area (Å²) in [5, 5.41) is 0. The molecular weight excluding hydrogens is 308 g/mol. The number of hydrogen-bond donors (Lipinski definition) is 0. The molecule has 3 heteroatoms. The van der Waals surface area contributed by atoms with Gasteiger partial charge in [-0.15, -0.1) is 0 Å². The van der Waals surface area contributed by atoms with Crippen LogP contribution in [0.5, 0.6) is 0 Å². The van der Waals surface area contributed by atoms with E-state index in [9.17, 15) is 4.79 Å². The lowest BCUT2D eigenvalue weighted by Gasteiger charge is -2.61. The molecule has 1 aromatic carbocycles. The Morgan fingerprint density at radius 2 is 1.72 bits per heavy atom. The van der Waals surface area contributed by atoms with E-state index in [0.29, 0.717) is 0 Å². The van der Waals surface area contributed by atoms with Crippen molar-refractivity contribution < 1.29 is 4.79 Å². The van der Waals surface area contributed by atoms with Gasteiger partial charge in [0.1, 0.15) is 0 Å². The van der Waals surface area contributed by atoms with Crippen molar-refractivity contribution in [3.05, 3.63) is 35.4 Å². The molecule has 1 fully saturated rings. The largest absolute Gasteiger partial charge is 0.321 e. The number of hydrogen-bond acceptors (Lipinski definition) is 1. The average Bonchev–Trinajstić information content (AvgIpc) is 2.50. The van der Waals surface area contributed by atoms with Crippen LogP contribution in [0.25, 0.3) is 0 Å². The first-order chi connectivity index (χ1) is 11.6. The maximum atomic E-state index is 13.4. The number of nitrogens with zero attached hydrogens (tertiary/aromatic N) is 2. The van der Waals surface area contributed by atoms with Crippen LogP contribution in [0, 0.1) is 5.41 Å². The lowest BCUT2D eigenvalue weighted by atomic mass is 9.51. The van der Waals surface area contributed by atoms with Crippen LogP contribution >= 0.6 is 0 Å². The zero-order valence-corrected chi connectivity index (χ0v) is 17.0. The molecule has 3 rings (SSSR count). The van der Waals surface area contributed by atoms with Crippen LogP contribution in [0.1, 0.15) is 66.0 Å². The number of benzene rings is 1. The number of carbonyl (C=O) groups excluding carboxylic acids is 1. The lowest BCUT2D eigenvalue weighted by Crippen LogP contribution is -2.67. The van der Waals surface area contributed by atoms with E-state index in [1.54, 1.807) is 0 Å². The summed E-state index contributed by atoms with van der Waals surface area (Å²) >= 11 is 0. The van der Waals surface area contributed by atoms with Crippen molar-refractivity contribution in [2.75, 3.05) is 6.54 Å². The van der Waals surface area contributed by atoms with Crippen molar-refractivity contribution >= 4 is 6.03 Å². The van der Waals surface area contributed by atoms with E-state index in [2.05, 4.69) is 77.6 Å². The number of carbonyl (C=O) groups is 1. The van der Waals surface area contributed by atoms with E-state index in [4.69, 9.17) is 0 Å². The molecule has 2 amide bonds. The molecule has 1 aliphatic heterocycles. The lowest BCUT2D eigenvalue weighted by molar-refractivity contribution is -0.0270. The van der Waals surface area contributed by atoms with Gasteiger partial charge < -0.3 is 9.80 Å². The number of fused-ring (bicyclic) bond motifs is 4. The standard InChI is InChI=1S/C22H34N2O/c1-15(2)24(16(3)4)20(25)23-13-12-22(7)18-11-9-8-10-17(18)14-19(23)21(22,5)6/h8-11,15-16,19H,12-14H2,1-7H3/t19-,22+/m1/s1. The number of likely N-dealkylation sites (tertiary alicyclic amines) is 1. The molecule has 3 nitrogen and oxygen atoms in total. The van der Waals surface area contributed by atoms with Gasteiger partial charge in [-0.3, -0.25) is 0 Å². The van der Waals surface area contributed by atoms with Crippen molar-refractivity contribution in [2.45, 2.75) is 84.8 Å². The van der Waals surface area contributed by atoms with E-state index in [1.807, 2.05) is 4.90 Å². The highest BCUT2D eigenvalue weighted by Crippen LogP contribution is 2.56. The molecule has 25 heavy (non-hydrogen) atoms. The van der Waals surface area contributed by atoms with Gasteiger partial charge in [-0.05, 0) is 57.1 Å². The van der Waals surface area contributed by atoms with Gasteiger partial charge in [-0.2, -0.15) is 0 Å². The smallest absolute Gasteiger partial charge is 0.320 e. The summed E-state index contributed by atoms with van der Waals surface area (Å²) in [6.07, 6.45) is 2.00. The SMILES string of the molecule is CC(C)N(C(=O)N1CC[C@@]2(C)c3ccccc3C[C@@H]1C2(C)C)C(C)C. The van der Waals surface area contributed by atoms with Crippen molar-refractivity contribution in [1.82, 2.24) is 9.80 Å². The zero-order valence-electron chi connectivity index (χ0n) is 17.0. The van der Waals surface area contributed by atoms with Gasteiger partial charge in [0.15, 0.2) is 0 Å². The molecule has 0 radical (unpaired) electrons. The molecular formula is C22H34N2O. The highest BCUT2D eigenvalue weighted by molar-refractivity contribution is 5.76. The predicted octanol–water partition coefficient (Wildman–Crippen LogP) is 4.84. The van der Waals surface area contributed by atoms with E-state index < -0.39 is 0 Å². The van der Waals surface area contributed by atoms with E-state index in [-0.39, 0.29) is 35.0 Å². The van der Waals surface area contributed by atoms with Gasteiger partial charge in [0.05, 0.1) is 0 Å². The van der Waals surface area contributed by atoms with Gasteiger partial charge in [-0.25, -0.2) is 4.79 Å². The van der Waals surface area contributed by atoms with Gasteiger partial charge >= 0.3 is 6.03 Å². The molecule has 0 spiro atoms. The van der Waals surface area contributed by atoms with E-state index in [0.717, 1.165) is 19.4 Å². The fraction of sp³-hybridized carbons (Fsp3) is 0.682. The summed E-state index contributed by atoms with van der Waals surface area (Å²) < 4.78 is 0. The third-order valence-corrected chi connectivity index (χ3v) is 7.09. The van der Waals surface area contributed by atoms with Crippen LogP contribution < -0.4 is 0 Å². The summed E-state index contributed by atoms with van der Waals surface area (Å²) in [6.45, 7) is 16.5. The Hall–Kier alpha value is -1.51. The second-order valence-corrected chi connectivity index (χ2v) is 9.25. The summed E-state index contributed by atoms with van der Waals surface area (Å²) in [4.78, 5) is 17.7. The van der Waals surface area contributed by atoms with E-state index in [1.165, 1.54) is 11.1 Å². The van der Waals surface area contributed by atoms with Gasteiger partial charge in [-0.1, -0.05) is 45.0 Å². The van der Waals surface area contributed by atoms with Crippen LogP contribution in [0.15, 0.2) is 24.3 Å². The number of rotatable bonds is 2. The molecule has 0 saturated carbocycles. The molecule has 1 aromatic rings. The fourth-order valence-electron chi connectivity index (χ4n) is 5.29. The second-order valence-electron chi connectivity index (χ2n) is 9.25. The summed E-state index contributed by atoms with van der Waals surface area (Å²) in [6, 6.07) is 9.78. The van der Waals surface area contributed by atoms with Gasteiger partial charge in [0, 0.05) is 30.1 Å². The van der Waals surface area contributed by atoms with Crippen molar-refractivity contribution in [1.29, 1.82) is 0 Å². The number of amides is 2.